The molecule has 0 spiro atoms. The predicted octanol–water partition coefficient (Wildman–Crippen LogP) is 2.89. The van der Waals surface area contributed by atoms with Crippen molar-refractivity contribution in [1.29, 1.82) is 5.26 Å². The molecule has 1 aromatic rings. The number of piperidine rings is 1. The Kier molecular flexibility index (Phi) is 4.39. The van der Waals surface area contributed by atoms with Crippen LogP contribution in [0.1, 0.15) is 44.1 Å². The number of aliphatic hydroxyl groups is 1. The number of benzene rings is 1. The summed E-state index contributed by atoms with van der Waals surface area (Å²) in [6.45, 7) is 1.51. The Morgan fingerprint density at radius 3 is 2.64 bits per heavy atom. The highest BCUT2D eigenvalue weighted by molar-refractivity contribution is 5.93. The topological polar surface area (TPSA) is 76.4 Å². The minimum absolute atomic E-state index is 0.116. The first-order valence-corrected chi connectivity index (χ1v) is 9.42. The maximum absolute atomic E-state index is 12.6. The molecular weight excluding hydrogens is 314 g/mol. The normalized spacial score (nSPS) is 28.8. The number of carbonyl (C=O) groups excluding carboxylic acids is 1. The molecule has 2 aliphatic carbocycles. The van der Waals surface area contributed by atoms with Crippen molar-refractivity contribution in [3.63, 3.8) is 0 Å². The van der Waals surface area contributed by atoms with Gasteiger partial charge in [-0.05, 0) is 62.1 Å². The summed E-state index contributed by atoms with van der Waals surface area (Å²) in [6.07, 6.45) is 5.93. The molecule has 1 heterocycles. The van der Waals surface area contributed by atoms with Gasteiger partial charge in [-0.2, -0.15) is 5.26 Å². The summed E-state index contributed by atoms with van der Waals surface area (Å²) < 4.78 is 0. The summed E-state index contributed by atoms with van der Waals surface area (Å²) >= 11 is 0. The first-order valence-electron chi connectivity index (χ1n) is 9.42. The molecule has 25 heavy (non-hydrogen) atoms. The van der Waals surface area contributed by atoms with E-state index in [4.69, 9.17) is 0 Å². The Morgan fingerprint density at radius 1 is 1.20 bits per heavy atom. The molecule has 1 amide bonds. The van der Waals surface area contributed by atoms with Gasteiger partial charge < -0.3 is 15.3 Å². The van der Waals surface area contributed by atoms with Crippen LogP contribution in [0.5, 0.6) is 0 Å². The second-order valence-corrected chi connectivity index (χ2v) is 7.83. The van der Waals surface area contributed by atoms with Crippen LogP contribution in [-0.2, 0) is 4.79 Å². The van der Waals surface area contributed by atoms with Crippen LogP contribution in [0.25, 0.3) is 0 Å². The number of rotatable bonds is 3. The molecule has 3 fully saturated rings. The maximum Gasteiger partial charge on any atom is 0.227 e. The molecule has 1 aromatic carbocycles. The van der Waals surface area contributed by atoms with Crippen LogP contribution in [0.3, 0.4) is 0 Å². The molecule has 1 aliphatic heterocycles. The Balaban J connectivity index is 1.46. The van der Waals surface area contributed by atoms with E-state index in [2.05, 4.69) is 16.3 Å². The van der Waals surface area contributed by atoms with E-state index in [0.29, 0.717) is 17.2 Å². The smallest absolute Gasteiger partial charge is 0.227 e. The summed E-state index contributed by atoms with van der Waals surface area (Å²) in [7, 11) is 0. The van der Waals surface area contributed by atoms with Gasteiger partial charge in [0.25, 0.3) is 0 Å². The predicted molar refractivity (Wildman–Crippen MR) is 96.2 cm³/mol. The van der Waals surface area contributed by atoms with Gasteiger partial charge in [0, 0.05) is 24.7 Å². The molecule has 0 aromatic heterocycles. The summed E-state index contributed by atoms with van der Waals surface area (Å²) in [5.41, 5.74) is 2.19. The van der Waals surface area contributed by atoms with Crippen molar-refractivity contribution in [3.05, 3.63) is 23.8 Å². The van der Waals surface area contributed by atoms with Crippen LogP contribution >= 0.6 is 0 Å². The third kappa shape index (κ3) is 3.23. The number of aliphatic hydroxyl groups excluding tert-OH is 1. The molecule has 3 unspecified atom stereocenters. The zero-order chi connectivity index (χ0) is 17.4. The number of anilines is 2. The molecule has 2 saturated carbocycles. The zero-order valence-electron chi connectivity index (χ0n) is 14.4. The fraction of sp³-hybridized carbons (Fsp3) is 0.600. The molecule has 2 bridgehead atoms. The van der Waals surface area contributed by atoms with Crippen LogP contribution in [0.4, 0.5) is 11.4 Å². The number of hydrogen-bond acceptors (Lipinski definition) is 4. The highest BCUT2D eigenvalue weighted by Gasteiger charge is 2.43. The van der Waals surface area contributed by atoms with E-state index in [1.54, 1.807) is 6.07 Å². The first-order chi connectivity index (χ1) is 12.1. The van der Waals surface area contributed by atoms with Gasteiger partial charge >= 0.3 is 0 Å². The monoisotopic (exact) mass is 339 g/mol. The number of hydrogen-bond donors (Lipinski definition) is 2. The lowest BCUT2D eigenvalue weighted by atomic mass is 9.88. The summed E-state index contributed by atoms with van der Waals surface area (Å²) in [5, 5.41) is 22.2. The van der Waals surface area contributed by atoms with E-state index in [1.165, 1.54) is 19.3 Å². The van der Waals surface area contributed by atoms with E-state index in [-0.39, 0.29) is 17.9 Å². The molecular formula is C20H25N3O2. The van der Waals surface area contributed by atoms with Crippen LogP contribution in [0, 0.1) is 29.1 Å². The van der Waals surface area contributed by atoms with Gasteiger partial charge in [-0.25, -0.2) is 0 Å². The Hall–Kier alpha value is -2.06. The van der Waals surface area contributed by atoms with Gasteiger partial charge in [-0.3, -0.25) is 4.79 Å². The van der Waals surface area contributed by atoms with E-state index >= 15 is 0 Å². The van der Waals surface area contributed by atoms with Crippen molar-refractivity contribution in [2.75, 3.05) is 23.3 Å². The van der Waals surface area contributed by atoms with Gasteiger partial charge in [-0.1, -0.05) is 6.42 Å². The third-order valence-electron chi connectivity index (χ3n) is 6.26. The summed E-state index contributed by atoms with van der Waals surface area (Å²) in [5.74, 6) is 1.56. The van der Waals surface area contributed by atoms with Crippen LogP contribution in [0.2, 0.25) is 0 Å². The highest BCUT2D eigenvalue weighted by Crippen LogP contribution is 2.48. The van der Waals surface area contributed by atoms with Crippen LogP contribution in [-0.4, -0.2) is 30.2 Å². The lowest BCUT2D eigenvalue weighted by Crippen LogP contribution is -2.36. The van der Waals surface area contributed by atoms with Crippen molar-refractivity contribution in [1.82, 2.24) is 0 Å². The van der Waals surface area contributed by atoms with Crippen molar-refractivity contribution in [3.8, 4) is 6.07 Å². The average molecular weight is 339 g/mol. The van der Waals surface area contributed by atoms with Crippen molar-refractivity contribution >= 4 is 17.3 Å². The lowest BCUT2D eigenvalue weighted by Gasteiger charge is -2.32. The van der Waals surface area contributed by atoms with E-state index in [9.17, 15) is 15.2 Å². The van der Waals surface area contributed by atoms with Gasteiger partial charge in [0.05, 0.1) is 17.4 Å². The van der Waals surface area contributed by atoms with Crippen molar-refractivity contribution in [2.45, 2.75) is 44.6 Å². The standard InChI is InChI=1S/C20H25N3O2/c21-12-15-11-16(3-4-19(15)23-7-5-17(24)6-8-23)22-20(25)18-10-13-1-2-14(18)9-13/h3-4,11,13-14,17-18,24H,1-2,5-10H2,(H,22,25). The Morgan fingerprint density at radius 2 is 2.00 bits per heavy atom. The second-order valence-electron chi connectivity index (χ2n) is 7.83. The van der Waals surface area contributed by atoms with Crippen LogP contribution in [0.15, 0.2) is 18.2 Å². The Labute approximate surface area is 148 Å². The minimum atomic E-state index is -0.234. The molecule has 2 N–H and O–H groups in total. The van der Waals surface area contributed by atoms with Gasteiger partial charge in [-0.15, -0.1) is 0 Å². The van der Waals surface area contributed by atoms with E-state index in [0.717, 1.165) is 44.0 Å². The van der Waals surface area contributed by atoms with Gasteiger partial charge in [0.15, 0.2) is 0 Å². The quantitative estimate of drug-likeness (QED) is 0.888. The zero-order valence-corrected chi connectivity index (χ0v) is 14.4. The molecule has 4 rings (SSSR count). The maximum atomic E-state index is 12.6. The first kappa shape index (κ1) is 16.4. The van der Waals surface area contributed by atoms with Gasteiger partial charge in [0.2, 0.25) is 5.91 Å². The van der Waals surface area contributed by atoms with Gasteiger partial charge in [0.1, 0.15) is 6.07 Å². The number of amides is 1. The molecule has 3 atom stereocenters. The summed E-state index contributed by atoms with van der Waals surface area (Å²) in [4.78, 5) is 14.7. The molecule has 132 valence electrons. The molecule has 3 aliphatic rings. The number of fused-ring (bicyclic) bond motifs is 2. The molecule has 5 heteroatoms. The average Bonchev–Trinajstić information content (AvgIpc) is 3.26. The van der Waals surface area contributed by atoms with Crippen molar-refractivity contribution < 1.29 is 9.90 Å². The molecule has 0 radical (unpaired) electrons. The number of nitrogens with zero attached hydrogens (tertiary/aromatic N) is 2. The molecule has 1 saturated heterocycles. The summed E-state index contributed by atoms with van der Waals surface area (Å²) in [6, 6.07) is 7.86. The molecule has 5 nitrogen and oxygen atoms in total. The fourth-order valence-corrected chi connectivity index (χ4v) is 4.89. The van der Waals surface area contributed by atoms with E-state index < -0.39 is 0 Å². The highest BCUT2D eigenvalue weighted by atomic mass is 16.3. The SMILES string of the molecule is N#Cc1cc(NC(=O)C2CC3CCC2C3)ccc1N1CCC(O)CC1. The van der Waals surface area contributed by atoms with E-state index in [1.807, 2.05) is 12.1 Å². The number of nitriles is 1. The third-order valence-corrected chi connectivity index (χ3v) is 6.26. The second kappa shape index (κ2) is 6.68. The largest absolute Gasteiger partial charge is 0.393 e. The number of carbonyl (C=O) groups is 1. The number of nitrogens with one attached hydrogen (secondary N) is 1. The fourth-order valence-electron chi connectivity index (χ4n) is 4.89. The minimum Gasteiger partial charge on any atom is -0.393 e. The van der Waals surface area contributed by atoms with Crippen molar-refractivity contribution in [2.24, 2.45) is 17.8 Å². The van der Waals surface area contributed by atoms with Crippen LogP contribution < -0.4 is 10.2 Å². The Bertz CT molecular complexity index is 703. The lowest BCUT2D eigenvalue weighted by molar-refractivity contribution is -0.121.